The summed E-state index contributed by atoms with van der Waals surface area (Å²) in [6, 6.07) is 13.5. The van der Waals surface area contributed by atoms with Crippen LogP contribution in [0.3, 0.4) is 0 Å². The lowest BCUT2D eigenvalue weighted by atomic mass is 10.0. The lowest BCUT2D eigenvalue weighted by molar-refractivity contribution is 0.245. The van der Waals surface area contributed by atoms with Gasteiger partial charge in [0.05, 0.1) is 18.5 Å². The van der Waals surface area contributed by atoms with Gasteiger partial charge in [0.1, 0.15) is 5.75 Å². The predicted octanol–water partition coefficient (Wildman–Crippen LogP) is 3.88. The van der Waals surface area contributed by atoms with Crippen LogP contribution in [-0.4, -0.2) is 37.1 Å². The fourth-order valence-electron chi connectivity index (χ4n) is 3.37. The minimum absolute atomic E-state index is 0.485. The molecule has 0 saturated carbocycles. The van der Waals surface area contributed by atoms with Crippen molar-refractivity contribution >= 4 is 5.69 Å². The number of rotatable bonds is 6. The Hall–Kier alpha value is -2.07. The molecule has 3 rings (SSSR count). The number of nitrogens with zero attached hydrogens (tertiary/aromatic N) is 3. The van der Waals surface area contributed by atoms with E-state index in [0.29, 0.717) is 12.6 Å². The largest absolute Gasteiger partial charge is 0.492 e. The molecule has 1 aliphatic heterocycles. The molecule has 1 aromatic carbocycles. The van der Waals surface area contributed by atoms with Gasteiger partial charge in [0.25, 0.3) is 0 Å². The Balaban J connectivity index is 1.72. The molecule has 0 amide bonds. The van der Waals surface area contributed by atoms with Gasteiger partial charge in [-0.25, -0.2) is 0 Å². The van der Waals surface area contributed by atoms with Crippen molar-refractivity contribution in [1.29, 1.82) is 0 Å². The second kappa shape index (κ2) is 7.67. The van der Waals surface area contributed by atoms with Crippen LogP contribution in [0.5, 0.6) is 5.75 Å². The molecule has 0 unspecified atom stereocenters. The number of likely N-dealkylation sites (tertiary alicyclic amines) is 1. The summed E-state index contributed by atoms with van der Waals surface area (Å²) in [5, 5.41) is 0. The van der Waals surface area contributed by atoms with E-state index in [2.05, 4.69) is 59.2 Å². The summed E-state index contributed by atoms with van der Waals surface area (Å²) in [6.07, 6.45) is 4.29. The molecule has 1 aromatic heterocycles. The van der Waals surface area contributed by atoms with Gasteiger partial charge in [-0.1, -0.05) is 12.1 Å². The van der Waals surface area contributed by atoms with E-state index in [9.17, 15) is 0 Å². The Labute approximate surface area is 145 Å². The van der Waals surface area contributed by atoms with Crippen molar-refractivity contribution in [1.82, 2.24) is 9.88 Å². The number of ether oxygens (including phenoxy) is 1. The van der Waals surface area contributed by atoms with E-state index in [-0.39, 0.29) is 0 Å². The number of aromatic nitrogens is 1. The lowest BCUT2D eigenvalue weighted by Crippen LogP contribution is -2.23. The minimum atomic E-state index is 0.485. The highest BCUT2D eigenvalue weighted by Crippen LogP contribution is 2.34. The average molecular weight is 325 g/mol. The Bertz CT molecular complexity index is 654. The molecule has 4 nitrogen and oxygen atoms in total. The third-order valence-electron chi connectivity index (χ3n) is 4.61. The Kier molecular flexibility index (Phi) is 5.36. The normalized spacial score (nSPS) is 17.9. The topological polar surface area (TPSA) is 28.6 Å². The van der Waals surface area contributed by atoms with Gasteiger partial charge in [-0.15, -0.1) is 0 Å². The van der Waals surface area contributed by atoms with Crippen molar-refractivity contribution in [3.63, 3.8) is 0 Å². The van der Waals surface area contributed by atoms with Crippen molar-refractivity contribution in [2.45, 2.75) is 32.4 Å². The first-order valence-corrected chi connectivity index (χ1v) is 8.76. The molecular weight excluding hydrogens is 298 g/mol. The fourth-order valence-corrected chi connectivity index (χ4v) is 3.37. The number of benzene rings is 1. The van der Waals surface area contributed by atoms with Gasteiger partial charge >= 0.3 is 0 Å². The SMILES string of the molecule is CCOc1ccc(CN2CCC[C@@H]2c2cccc(N(C)C)c2)nc1. The van der Waals surface area contributed by atoms with Crippen LogP contribution in [0.25, 0.3) is 0 Å². The quantitative estimate of drug-likeness (QED) is 0.806. The fraction of sp³-hybridized carbons (Fsp3) is 0.450. The lowest BCUT2D eigenvalue weighted by Gasteiger charge is -2.25. The van der Waals surface area contributed by atoms with E-state index in [1.165, 1.54) is 24.1 Å². The molecular formula is C20H27N3O. The monoisotopic (exact) mass is 325 g/mol. The van der Waals surface area contributed by atoms with Gasteiger partial charge in [-0.3, -0.25) is 9.88 Å². The summed E-state index contributed by atoms with van der Waals surface area (Å²) in [5.74, 6) is 0.845. The van der Waals surface area contributed by atoms with Crippen LogP contribution in [0.2, 0.25) is 0 Å². The zero-order valence-corrected chi connectivity index (χ0v) is 14.9. The minimum Gasteiger partial charge on any atom is -0.492 e. The van der Waals surface area contributed by atoms with Crippen LogP contribution in [0.15, 0.2) is 42.6 Å². The van der Waals surface area contributed by atoms with Crippen LogP contribution < -0.4 is 9.64 Å². The second-order valence-electron chi connectivity index (χ2n) is 6.54. The predicted molar refractivity (Wildman–Crippen MR) is 98.6 cm³/mol. The van der Waals surface area contributed by atoms with Gasteiger partial charge in [0.2, 0.25) is 0 Å². The van der Waals surface area contributed by atoms with Crippen LogP contribution in [0, 0.1) is 0 Å². The summed E-state index contributed by atoms with van der Waals surface area (Å²) in [6.45, 7) is 4.69. The van der Waals surface area contributed by atoms with Crippen LogP contribution in [0.4, 0.5) is 5.69 Å². The maximum atomic E-state index is 5.48. The van der Waals surface area contributed by atoms with Crippen LogP contribution >= 0.6 is 0 Å². The van der Waals surface area contributed by atoms with E-state index >= 15 is 0 Å². The molecule has 2 aromatic rings. The smallest absolute Gasteiger partial charge is 0.137 e. The summed E-state index contributed by atoms with van der Waals surface area (Å²) >= 11 is 0. The molecule has 1 fully saturated rings. The van der Waals surface area contributed by atoms with Gasteiger partial charge < -0.3 is 9.64 Å². The summed E-state index contributed by atoms with van der Waals surface area (Å²) < 4.78 is 5.48. The van der Waals surface area contributed by atoms with Crippen molar-refractivity contribution in [3.8, 4) is 5.75 Å². The number of hydrogen-bond donors (Lipinski definition) is 0. The summed E-state index contributed by atoms with van der Waals surface area (Å²) in [7, 11) is 4.19. The maximum absolute atomic E-state index is 5.48. The summed E-state index contributed by atoms with van der Waals surface area (Å²) in [5.41, 5.74) is 3.78. The van der Waals surface area contributed by atoms with Crippen LogP contribution in [-0.2, 0) is 6.54 Å². The van der Waals surface area contributed by atoms with E-state index in [0.717, 1.165) is 24.5 Å². The zero-order chi connectivity index (χ0) is 16.9. The van der Waals surface area contributed by atoms with Gasteiger partial charge in [-0.2, -0.15) is 0 Å². The molecule has 2 heterocycles. The Morgan fingerprint density at radius 3 is 2.83 bits per heavy atom. The van der Waals surface area contributed by atoms with Crippen molar-refractivity contribution < 1.29 is 4.74 Å². The van der Waals surface area contributed by atoms with Crippen molar-refractivity contribution in [3.05, 3.63) is 53.9 Å². The van der Waals surface area contributed by atoms with E-state index in [4.69, 9.17) is 4.74 Å². The first-order chi connectivity index (χ1) is 11.7. The molecule has 128 valence electrons. The molecule has 4 heteroatoms. The van der Waals surface area contributed by atoms with E-state index < -0.39 is 0 Å². The highest BCUT2D eigenvalue weighted by atomic mass is 16.5. The van der Waals surface area contributed by atoms with Crippen molar-refractivity contribution in [2.24, 2.45) is 0 Å². The molecule has 1 saturated heterocycles. The van der Waals surface area contributed by atoms with Crippen molar-refractivity contribution in [2.75, 3.05) is 32.1 Å². The van der Waals surface area contributed by atoms with Crippen LogP contribution in [0.1, 0.15) is 37.1 Å². The third kappa shape index (κ3) is 3.88. The molecule has 0 spiro atoms. The van der Waals surface area contributed by atoms with Gasteiger partial charge in [0.15, 0.2) is 0 Å². The van der Waals surface area contributed by atoms with E-state index in [1.54, 1.807) is 0 Å². The Morgan fingerprint density at radius 2 is 2.12 bits per heavy atom. The molecule has 0 radical (unpaired) electrons. The summed E-state index contributed by atoms with van der Waals surface area (Å²) in [4.78, 5) is 9.26. The third-order valence-corrected chi connectivity index (χ3v) is 4.61. The second-order valence-corrected chi connectivity index (χ2v) is 6.54. The standard InChI is InChI=1S/C20H27N3O/c1-4-24-19-11-10-17(21-14-19)15-23-12-6-9-20(23)16-7-5-8-18(13-16)22(2)3/h5,7-8,10-11,13-14,20H,4,6,9,12,15H2,1-3H3/t20-/m1/s1. The van der Waals surface area contributed by atoms with Gasteiger partial charge in [0, 0.05) is 32.4 Å². The first kappa shape index (κ1) is 16.8. The molecule has 0 bridgehead atoms. The molecule has 0 N–H and O–H groups in total. The molecule has 0 aliphatic carbocycles. The molecule has 1 aliphatic rings. The van der Waals surface area contributed by atoms with Gasteiger partial charge in [-0.05, 0) is 56.1 Å². The van der Waals surface area contributed by atoms with E-state index in [1.807, 2.05) is 19.2 Å². The Morgan fingerprint density at radius 1 is 1.25 bits per heavy atom. The first-order valence-electron chi connectivity index (χ1n) is 8.76. The molecule has 1 atom stereocenters. The highest BCUT2D eigenvalue weighted by molar-refractivity contribution is 5.48. The average Bonchev–Trinajstić information content (AvgIpc) is 3.05. The zero-order valence-electron chi connectivity index (χ0n) is 14.9. The number of hydrogen-bond acceptors (Lipinski definition) is 4. The number of pyridine rings is 1. The maximum Gasteiger partial charge on any atom is 0.137 e. The highest BCUT2D eigenvalue weighted by Gasteiger charge is 2.26. The molecule has 24 heavy (non-hydrogen) atoms. The number of anilines is 1.